The summed E-state index contributed by atoms with van der Waals surface area (Å²) in [6, 6.07) is 14.2. The van der Waals surface area contributed by atoms with Gasteiger partial charge in [0, 0.05) is 6.42 Å². The lowest BCUT2D eigenvalue weighted by molar-refractivity contribution is 0.246. The standard InChI is InChI=1S/C16H18N2O/c1-11-5-4-7-14(17)16(11)18-10-13-9-12-6-2-3-8-15(12)19-13/h2-8,13,18H,9-10,17H2,1H3. The molecule has 0 radical (unpaired) electrons. The van der Waals surface area contributed by atoms with Crippen molar-refractivity contribution in [2.45, 2.75) is 19.4 Å². The summed E-state index contributed by atoms with van der Waals surface area (Å²) in [4.78, 5) is 0. The number of aryl methyl sites for hydroxylation is 1. The van der Waals surface area contributed by atoms with Gasteiger partial charge in [-0.05, 0) is 30.2 Å². The zero-order valence-corrected chi connectivity index (χ0v) is 11.0. The monoisotopic (exact) mass is 254 g/mol. The van der Waals surface area contributed by atoms with Gasteiger partial charge in [-0.25, -0.2) is 0 Å². The van der Waals surface area contributed by atoms with Crippen LogP contribution in [0.25, 0.3) is 0 Å². The number of para-hydroxylation sites is 2. The minimum absolute atomic E-state index is 0.177. The molecule has 1 atom stereocenters. The average molecular weight is 254 g/mol. The molecule has 1 aliphatic heterocycles. The summed E-state index contributed by atoms with van der Waals surface area (Å²) in [5, 5.41) is 3.41. The van der Waals surface area contributed by atoms with Crippen LogP contribution in [-0.2, 0) is 6.42 Å². The van der Waals surface area contributed by atoms with E-state index in [2.05, 4.69) is 30.4 Å². The smallest absolute Gasteiger partial charge is 0.123 e. The van der Waals surface area contributed by atoms with Gasteiger partial charge in [0.05, 0.1) is 17.9 Å². The van der Waals surface area contributed by atoms with Crippen molar-refractivity contribution in [3.8, 4) is 5.75 Å². The SMILES string of the molecule is Cc1cccc(N)c1NCC1Cc2ccccc2O1. The first-order chi connectivity index (χ1) is 9.24. The molecule has 0 aromatic heterocycles. The molecule has 0 bridgehead atoms. The minimum Gasteiger partial charge on any atom is -0.488 e. The molecule has 1 heterocycles. The van der Waals surface area contributed by atoms with E-state index in [1.165, 1.54) is 5.56 Å². The van der Waals surface area contributed by atoms with Gasteiger partial charge in [0.25, 0.3) is 0 Å². The largest absolute Gasteiger partial charge is 0.488 e. The number of fused-ring (bicyclic) bond motifs is 1. The fraction of sp³-hybridized carbons (Fsp3) is 0.250. The first-order valence-corrected chi connectivity index (χ1v) is 6.57. The van der Waals surface area contributed by atoms with E-state index in [9.17, 15) is 0 Å². The minimum atomic E-state index is 0.177. The van der Waals surface area contributed by atoms with Gasteiger partial charge in [-0.3, -0.25) is 0 Å². The molecule has 0 spiro atoms. The van der Waals surface area contributed by atoms with Crippen molar-refractivity contribution < 1.29 is 4.74 Å². The van der Waals surface area contributed by atoms with Crippen molar-refractivity contribution in [1.29, 1.82) is 0 Å². The number of ether oxygens (including phenoxy) is 1. The topological polar surface area (TPSA) is 47.3 Å². The van der Waals surface area contributed by atoms with Crippen LogP contribution in [0.15, 0.2) is 42.5 Å². The highest BCUT2D eigenvalue weighted by Gasteiger charge is 2.22. The Morgan fingerprint density at radius 3 is 2.84 bits per heavy atom. The zero-order chi connectivity index (χ0) is 13.2. The molecule has 0 saturated carbocycles. The van der Waals surface area contributed by atoms with Crippen LogP contribution in [0.1, 0.15) is 11.1 Å². The first kappa shape index (κ1) is 11.9. The third-order valence-corrected chi connectivity index (χ3v) is 3.53. The number of nitrogens with two attached hydrogens (primary N) is 1. The summed E-state index contributed by atoms with van der Waals surface area (Å²) >= 11 is 0. The summed E-state index contributed by atoms with van der Waals surface area (Å²) < 4.78 is 5.91. The van der Waals surface area contributed by atoms with Crippen LogP contribution < -0.4 is 15.8 Å². The Kier molecular flexibility index (Phi) is 3.03. The zero-order valence-electron chi connectivity index (χ0n) is 11.0. The molecule has 0 aliphatic carbocycles. The van der Waals surface area contributed by atoms with Crippen LogP contribution in [0.5, 0.6) is 5.75 Å². The molecule has 1 unspecified atom stereocenters. The molecule has 1 aliphatic rings. The van der Waals surface area contributed by atoms with Crippen molar-refractivity contribution in [1.82, 2.24) is 0 Å². The van der Waals surface area contributed by atoms with Crippen LogP contribution in [0.3, 0.4) is 0 Å². The predicted octanol–water partition coefficient (Wildman–Crippen LogP) is 2.99. The molecule has 2 aromatic rings. The summed E-state index contributed by atoms with van der Waals surface area (Å²) in [5.41, 5.74) is 10.2. The molecule has 98 valence electrons. The van der Waals surface area contributed by atoms with Crippen molar-refractivity contribution in [2.24, 2.45) is 0 Å². The van der Waals surface area contributed by atoms with Gasteiger partial charge >= 0.3 is 0 Å². The number of nitrogen functional groups attached to an aromatic ring is 1. The molecular formula is C16H18N2O. The van der Waals surface area contributed by atoms with Crippen LogP contribution >= 0.6 is 0 Å². The second kappa shape index (κ2) is 4.84. The van der Waals surface area contributed by atoms with Gasteiger partial charge in [0.1, 0.15) is 11.9 Å². The maximum atomic E-state index is 5.99. The third-order valence-electron chi connectivity index (χ3n) is 3.53. The number of hydrogen-bond donors (Lipinski definition) is 2. The van der Waals surface area contributed by atoms with Crippen LogP contribution in [0, 0.1) is 6.92 Å². The van der Waals surface area contributed by atoms with Gasteiger partial charge in [-0.1, -0.05) is 30.3 Å². The van der Waals surface area contributed by atoms with E-state index in [1.54, 1.807) is 0 Å². The van der Waals surface area contributed by atoms with Crippen molar-refractivity contribution in [2.75, 3.05) is 17.6 Å². The lowest BCUT2D eigenvalue weighted by Gasteiger charge is -2.16. The van der Waals surface area contributed by atoms with Crippen molar-refractivity contribution >= 4 is 11.4 Å². The summed E-state index contributed by atoms with van der Waals surface area (Å²) in [5.74, 6) is 1.01. The first-order valence-electron chi connectivity index (χ1n) is 6.57. The van der Waals surface area contributed by atoms with Crippen molar-refractivity contribution in [3.05, 3.63) is 53.6 Å². The Morgan fingerprint density at radius 2 is 2.05 bits per heavy atom. The van der Waals surface area contributed by atoms with Gasteiger partial charge < -0.3 is 15.8 Å². The fourth-order valence-electron chi connectivity index (χ4n) is 2.52. The van der Waals surface area contributed by atoms with Gasteiger partial charge in [0.2, 0.25) is 0 Å². The molecule has 0 saturated heterocycles. The molecule has 19 heavy (non-hydrogen) atoms. The maximum Gasteiger partial charge on any atom is 0.123 e. The second-order valence-electron chi connectivity index (χ2n) is 4.97. The molecule has 2 aromatic carbocycles. The highest BCUT2D eigenvalue weighted by molar-refractivity contribution is 5.69. The Bertz CT molecular complexity index is 550. The fourth-order valence-corrected chi connectivity index (χ4v) is 2.52. The van der Waals surface area contributed by atoms with Gasteiger partial charge in [0.15, 0.2) is 0 Å². The van der Waals surface area contributed by atoms with E-state index in [0.29, 0.717) is 0 Å². The average Bonchev–Trinajstić information content (AvgIpc) is 2.81. The number of nitrogens with one attached hydrogen (secondary N) is 1. The maximum absolute atomic E-state index is 5.99. The highest BCUT2D eigenvalue weighted by atomic mass is 16.5. The molecule has 3 rings (SSSR count). The van der Waals surface area contributed by atoms with E-state index in [0.717, 1.165) is 35.7 Å². The van der Waals surface area contributed by atoms with E-state index in [1.807, 2.05) is 24.3 Å². The molecule has 0 fully saturated rings. The third kappa shape index (κ3) is 2.36. The predicted molar refractivity (Wildman–Crippen MR) is 78.6 cm³/mol. The van der Waals surface area contributed by atoms with Crippen molar-refractivity contribution in [3.63, 3.8) is 0 Å². The van der Waals surface area contributed by atoms with E-state index in [4.69, 9.17) is 10.5 Å². The van der Waals surface area contributed by atoms with E-state index in [-0.39, 0.29) is 6.10 Å². The Hall–Kier alpha value is -2.16. The Labute approximate surface area is 113 Å². The second-order valence-corrected chi connectivity index (χ2v) is 4.97. The molecular weight excluding hydrogens is 236 g/mol. The summed E-state index contributed by atoms with van der Waals surface area (Å²) in [7, 11) is 0. The molecule has 3 nitrogen and oxygen atoms in total. The van der Waals surface area contributed by atoms with Crippen LogP contribution in [0.4, 0.5) is 11.4 Å². The number of anilines is 2. The number of rotatable bonds is 3. The summed E-state index contributed by atoms with van der Waals surface area (Å²) in [6.45, 7) is 2.83. The molecule has 3 heteroatoms. The Balaban J connectivity index is 1.66. The van der Waals surface area contributed by atoms with Gasteiger partial charge in [-0.15, -0.1) is 0 Å². The molecule has 3 N–H and O–H groups in total. The number of hydrogen-bond acceptors (Lipinski definition) is 3. The van der Waals surface area contributed by atoms with Crippen LogP contribution in [-0.4, -0.2) is 12.6 Å². The van der Waals surface area contributed by atoms with E-state index >= 15 is 0 Å². The summed E-state index contributed by atoms with van der Waals surface area (Å²) in [6.07, 6.45) is 1.13. The van der Waals surface area contributed by atoms with E-state index < -0.39 is 0 Å². The number of benzene rings is 2. The molecule has 0 amide bonds. The Morgan fingerprint density at radius 1 is 1.21 bits per heavy atom. The lowest BCUT2D eigenvalue weighted by Crippen LogP contribution is -2.24. The lowest BCUT2D eigenvalue weighted by atomic mass is 10.1. The van der Waals surface area contributed by atoms with Gasteiger partial charge in [-0.2, -0.15) is 0 Å². The quantitative estimate of drug-likeness (QED) is 0.828. The highest BCUT2D eigenvalue weighted by Crippen LogP contribution is 2.29. The normalized spacial score (nSPS) is 16.8. The van der Waals surface area contributed by atoms with Crippen LogP contribution in [0.2, 0.25) is 0 Å².